The number of carbonyl (C=O) groups is 1. The summed E-state index contributed by atoms with van der Waals surface area (Å²) >= 11 is 5.98. The Hall–Kier alpha value is -1.84. The van der Waals surface area contributed by atoms with Gasteiger partial charge < -0.3 is 10.5 Å². The maximum absolute atomic E-state index is 11.8. The van der Waals surface area contributed by atoms with Crippen molar-refractivity contribution in [1.29, 1.82) is 0 Å². The lowest BCUT2D eigenvalue weighted by Gasteiger charge is -2.12. The molecular weight excluding hydrogens is 262 g/mol. The third-order valence-corrected chi connectivity index (χ3v) is 3.11. The van der Waals surface area contributed by atoms with E-state index in [0.29, 0.717) is 5.02 Å². The van der Waals surface area contributed by atoms with Crippen LogP contribution in [0.5, 0.6) is 0 Å². The van der Waals surface area contributed by atoms with Gasteiger partial charge in [0.05, 0.1) is 0 Å². The first-order chi connectivity index (χ1) is 9.18. The van der Waals surface area contributed by atoms with Crippen LogP contribution >= 0.6 is 11.6 Å². The first kappa shape index (κ1) is 13.6. The topological polar surface area (TPSA) is 52.3 Å². The second-order valence-corrected chi connectivity index (χ2v) is 4.49. The summed E-state index contributed by atoms with van der Waals surface area (Å²) < 4.78 is 5.18. The quantitative estimate of drug-likeness (QED) is 0.873. The van der Waals surface area contributed by atoms with Crippen LogP contribution in [0, 0.1) is 0 Å². The number of hydrogen-bond acceptors (Lipinski definition) is 3. The molecular formula is C15H14ClNO2. The molecule has 1 atom stereocenters. The molecule has 3 nitrogen and oxygen atoms in total. The average Bonchev–Trinajstić information content (AvgIpc) is 2.46. The molecule has 0 spiro atoms. The minimum absolute atomic E-state index is 0.124. The van der Waals surface area contributed by atoms with E-state index in [-0.39, 0.29) is 6.61 Å². The summed E-state index contributed by atoms with van der Waals surface area (Å²) in [4.78, 5) is 11.8. The summed E-state index contributed by atoms with van der Waals surface area (Å²) in [5.74, 6) is -0.467. The highest BCUT2D eigenvalue weighted by atomic mass is 35.5. The Morgan fingerprint density at radius 2 is 1.74 bits per heavy atom. The maximum Gasteiger partial charge on any atom is 0.327 e. The van der Waals surface area contributed by atoms with E-state index in [2.05, 4.69) is 0 Å². The third kappa shape index (κ3) is 3.56. The molecule has 19 heavy (non-hydrogen) atoms. The molecule has 0 fully saturated rings. The van der Waals surface area contributed by atoms with Gasteiger partial charge in [0.25, 0.3) is 0 Å². The van der Waals surface area contributed by atoms with E-state index in [4.69, 9.17) is 22.1 Å². The van der Waals surface area contributed by atoms with Crippen LogP contribution in [-0.4, -0.2) is 5.97 Å². The molecule has 98 valence electrons. The Kier molecular flexibility index (Phi) is 4.55. The van der Waals surface area contributed by atoms with Crippen molar-refractivity contribution in [2.45, 2.75) is 12.6 Å². The second-order valence-electron chi connectivity index (χ2n) is 4.09. The molecule has 2 rings (SSSR count). The van der Waals surface area contributed by atoms with Gasteiger partial charge in [0.1, 0.15) is 12.6 Å². The molecule has 4 heteroatoms. The molecule has 0 aromatic heterocycles. The normalized spacial score (nSPS) is 11.9. The van der Waals surface area contributed by atoms with Gasteiger partial charge in [0.15, 0.2) is 0 Å². The van der Waals surface area contributed by atoms with Crippen LogP contribution in [0.2, 0.25) is 5.02 Å². The molecule has 0 saturated carbocycles. The summed E-state index contributed by atoms with van der Waals surface area (Å²) in [5.41, 5.74) is 7.32. The molecule has 0 bridgehead atoms. The lowest BCUT2D eigenvalue weighted by Crippen LogP contribution is -2.23. The smallest absolute Gasteiger partial charge is 0.327 e. The molecule has 0 radical (unpaired) electrons. The molecule has 0 aliphatic rings. The van der Waals surface area contributed by atoms with Gasteiger partial charge >= 0.3 is 5.97 Å². The van der Waals surface area contributed by atoms with Crippen LogP contribution in [0.3, 0.4) is 0 Å². The fourth-order valence-corrected chi connectivity index (χ4v) is 1.84. The van der Waals surface area contributed by atoms with E-state index in [1.54, 1.807) is 18.2 Å². The first-order valence-corrected chi connectivity index (χ1v) is 6.27. The lowest BCUT2D eigenvalue weighted by molar-refractivity contribution is -0.146. The van der Waals surface area contributed by atoms with Crippen LogP contribution in [0.1, 0.15) is 17.2 Å². The van der Waals surface area contributed by atoms with E-state index in [1.165, 1.54) is 0 Å². The predicted molar refractivity (Wildman–Crippen MR) is 74.6 cm³/mol. The number of ether oxygens (including phenoxy) is 1. The Labute approximate surface area is 117 Å². The van der Waals surface area contributed by atoms with Crippen molar-refractivity contribution in [3.05, 3.63) is 70.7 Å². The number of rotatable bonds is 4. The second kappa shape index (κ2) is 6.36. The Balaban J connectivity index is 1.97. The van der Waals surface area contributed by atoms with Crippen molar-refractivity contribution in [2.75, 3.05) is 0 Å². The summed E-state index contributed by atoms with van der Waals surface area (Å²) in [5, 5.41) is 0.573. The van der Waals surface area contributed by atoms with E-state index in [0.717, 1.165) is 11.1 Å². The molecule has 0 saturated heterocycles. The minimum Gasteiger partial charge on any atom is -0.459 e. The number of nitrogens with two attached hydrogens (primary N) is 1. The van der Waals surface area contributed by atoms with Gasteiger partial charge in [-0.25, -0.2) is 4.79 Å². The van der Waals surface area contributed by atoms with Crippen molar-refractivity contribution in [3.8, 4) is 0 Å². The largest absolute Gasteiger partial charge is 0.459 e. The minimum atomic E-state index is -0.774. The number of carbonyl (C=O) groups excluding carboxylic acids is 1. The van der Waals surface area contributed by atoms with Gasteiger partial charge in [-0.3, -0.25) is 0 Å². The monoisotopic (exact) mass is 275 g/mol. The molecule has 0 aliphatic heterocycles. The molecule has 2 aromatic carbocycles. The zero-order valence-corrected chi connectivity index (χ0v) is 11.0. The summed E-state index contributed by atoms with van der Waals surface area (Å²) in [6, 6.07) is 15.6. The highest BCUT2D eigenvalue weighted by molar-refractivity contribution is 6.31. The van der Waals surface area contributed by atoms with Gasteiger partial charge in [0, 0.05) is 10.6 Å². The highest BCUT2D eigenvalue weighted by Crippen LogP contribution is 2.17. The summed E-state index contributed by atoms with van der Waals surface area (Å²) in [7, 11) is 0. The first-order valence-electron chi connectivity index (χ1n) is 5.89. The Bertz CT molecular complexity index is 557. The van der Waals surface area contributed by atoms with Crippen LogP contribution < -0.4 is 5.73 Å². The van der Waals surface area contributed by atoms with E-state index < -0.39 is 12.0 Å². The van der Waals surface area contributed by atoms with Gasteiger partial charge in [-0.2, -0.15) is 0 Å². The average molecular weight is 276 g/mol. The van der Waals surface area contributed by atoms with Crippen molar-refractivity contribution in [1.82, 2.24) is 0 Å². The van der Waals surface area contributed by atoms with E-state index in [9.17, 15) is 4.79 Å². The van der Waals surface area contributed by atoms with Crippen LogP contribution in [0.4, 0.5) is 0 Å². The van der Waals surface area contributed by atoms with Gasteiger partial charge in [-0.15, -0.1) is 0 Å². The standard InChI is InChI=1S/C15H14ClNO2/c16-13-9-5-4-8-12(13)10-19-15(18)14(17)11-6-2-1-3-7-11/h1-9,14H,10,17H2. The summed E-state index contributed by atoms with van der Waals surface area (Å²) in [6.45, 7) is 0.124. The SMILES string of the molecule is NC(C(=O)OCc1ccccc1Cl)c1ccccc1. The van der Waals surface area contributed by atoms with Crippen molar-refractivity contribution in [3.63, 3.8) is 0 Å². The van der Waals surface area contributed by atoms with Crippen molar-refractivity contribution in [2.24, 2.45) is 5.73 Å². The maximum atomic E-state index is 11.8. The van der Waals surface area contributed by atoms with Crippen molar-refractivity contribution < 1.29 is 9.53 Å². The number of hydrogen-bond donors (Lipinski definition) is 1. The highest BCUT2D eigenvalue weighted by Gasteiger charge is 2.17. The van der Waals surface area contributed by atoms with Gasteiger partial charge in [-0.05, 0) is 11.6 Å². The molecule has 0 heterocycles. The molecule has 1 unspecified atom stereocenters. The Morgan fingerprint density at radius 1 is 1.11 bits per heavy atom. The van der Waals surface area contributed by atoms with Crippen LogP contribution in [-0.2, 0) is 16.1 Å². The third-order valence-electron chi connectivity index (χ3n) is 2.74. The summed E-state index contributed by atoms with van der Waals surface area (Å²) in [6.07, 6.45) is 0. The van der Waals surface area contributed by atoms with E-state index >= 15 is 0 Å². The fraction of sp³-hybridized carbons (Fsp3) is 0.133. The molecule has 2 N–H and O–H groups in total. The van der Waals surface area contributed by atoms with Crippen LogP contribution in [0.25, 0.3) is 0 Å². The van der Waals surface area contributed by atoms with Gasteiger partial charge in [-0.1, -0.05) is 60.1 Å². The number of benzene rings is 2. The molecule has 2 aromatic rings. The predicted octanol–water partition coefficient (Wildman–Crippen LogP) is 3.08. The van der Waals surface area contributed by atoms with Crippen molar-refractivity contribution >= 4 is 17.6 Å². The fourth-order valence-electron chi connectivity index (χ4n) is 1.65. The zero-order chi connectivity index (χ0) is 13.7. The Morgan fingerprint density at radius 3 is 2.42 bits per heavy atom. The number of halogens is 1. The lowest BCUT2D eigenvalue weighted by atomic mass is 10.1. The number of esters is 1. The molecule has 0 amide bonds. The molecule has 0 aliphatic carbocycles. The zero-order valence-electron chi connectivity index (χ0n) is 10.3. The van der Waals surface area contributed by atoms with Gasteiger partial charge in [0.2, 0.25) is 0 Å². The van der Waals surface area contributed by atoms with Crippen LogP contribution in [0.15, 0.2) is 54.6 Å². The van der Waals surface area contributed by atoms with E-state index in [1.807, 2.05) is 36.4 Å².